The maximum absolute atomic E-state index is 5.90. The lowest BCUT2D eigenvalue weighted by Gasteiger charge is -2.16. The lowest BCUT2D eigenvalue weighted by atomic mass is 10.3. The van der Waals surface area contributed by atoms with Crippen LogP contribution in [0.3, 0.4) is 0 Å². The molecule has 21 heavy (non-hydrogen) atoms. The molecule has 0 radical (unpaired) electrons. The fraction of sp³-hybridized carbons (Fsp3) is 0.286. The van der Waals surface area contributed by atoms with Gasteiger partial charge in [0.15, 0.2) is 5.96 Å². The fourth-order valence-corrected chi connectivity index (χ4v) is 1.87. The van der Waals surface area contributed by atoms with Gasteiger partial charge >= 0.3 is 0 Å². The van der Waals surface area contributed by atoms with Crippen molar-refractivity contribution in [2.45, 2.75) is 6.92 Å². The molecule has 114 valence electrons. The highest BCUT2D eigenvalue weighted by molar-refractivity contribution is 5.94. The maximum Gasteiger partial charge on any atom is 0.223 e. The number of aliphatic imine (C=N–C) groups is 2. The van der Waals surface area contributed by atoms with Gasteiger partial charge in [-0.25, -0.2) is 4.99 Å². The zero-order chi connectivity index (χ0) is 14.5. The van der Waals surface area contributed by atoms with E-state index in [1.54, 1.807) is 19.2 Å². The SMILES string of the molecule is COc1ccc(N=C(N)N=C(N)N2CC=C(C)C2)cc1.Cl. The Morgan fingerprint density at radius 2 is 1.90 bits per heavy atom. The molecule has 0 fully saturated rings. The Labute approximate surface area is 130 Å². The number of hydrogen-bond acceptors (Lipinski definition) is 2. The molecule has 1 aromatic carbocycles. The van der Waals surface area contributed by atoms with Crippen molar-refractivity contribution >= 4 is 30.0 Å². The van der Waals surface area contributed by atoms with Crippen LogP contribution in [0.15, 0.2) is 45.9 Å². The summed E-state index contributed by atoms with van der Waals surface area (Å²) >= 11 is 0. The van der Waals surface area contributed by atoms with Gasteiger partial charge in [-0.3, -0.25) is 0 Å². The molecule has 1 heterocycles. The third-order valence-electron chi connectivity index (χ3n) is 2.97. The summed E-state index contributed by atoms with van der Waals surface area (Å²) in [6.45, 7) is 3.60. The first-order valence-electron chi connectivity index (χ1n) is 6.31. The topological polar surface area (TPSA) is 89.2 Å². The molecule has 0 aromatic heterocycles. The van der Waals surface area contributed by atoms with Crippen molar-refractivity contribution in [3.8, 4) is 5.75 Å². The van der Waals surface area contributed by atoms with Crippen LogP contribution in [0.1, 0.15) is 6.92 Å². The number of benzene rings is 1. The van der Waals surface area contributed by atoms with Gasteiger partial charge in [0.05, 0.1) is 12.8 Å². The molecule has 6 nitrogen and oxygen atoms in total. The van der Waals surface area contributed by atoms with E-state index in [-0.39, 0.29) is 18.4 Å². The molecule has 0 spiro atoms. The maximum atomic E-state index is 5.90. The number of nitrogens with zero attached hydrogens (tertiary/aromatic N) is 3. The van der Waals surface area contributed by atoms with E-state index in [1.165, 1.54) is 5.57 Å². The van der Waals surface area contributed by atoms with Crippen molar-refractivity contribution in [1.29, 1.82) is 0 Å². The third-order valence-corrected chi connectivity index (χ3v) is 2.97. The molecule has 7 heteroatoms. The van der Waals surface area contributed by atoms with Gasteiger partial charge in [0.25, 0.3) is 0 Å². The average Bonchev–Trinajstić information content (AvgIpc) is 2.86. The Balaban J connectivity index is 0.00000220. The summed E-state index contributed by atoms with van der Waals surface area (Å²) < 4.78 is 5.08. The molecule has 4 N–H and O–H groups in total. The second-order valence-electron chi connectivity index (χ2n) is 4.57. The Hall–Kier alpha value is -2.21. The summed E-state index contributed by atoms with van der Waals surface area (Å²) in [5, 5.41) is 0. The second kappa shape index (κ2) is 7.54. The average molecular weight is 310 g/mol. The minimum absolute atomic E-state index is 0. The monoisotopic (exact) mass is 309 g/mol. The smallest absolute Gasteiger partial charge is 0.223 e. The predicted molar refractivity (Wildman–Crippen MR) is 88.5 cm³/mol. The third kappa shape index (κ3) is 4.68. The summed E-state index contributed by atoms with van der Waals surface area (Å²) in [5.41, 5.74) is 13.7. The van der Waals surface area contributed by atoms with Crippen molar-refractivity contribution in [3.63, 3.8) is 0 Å². The molecule has 0 bridgehead atoms. The second-order valence-corrected chi connectivity index (χ2v) is 4.57. The predicted octanol–water partition coefficient (Wildman–Crippen LogP) is 1.64. The van der Waals surface area contributed by atoms with Crippen LogP contribution in [0, 0.1) is 0 Å². The van der Waals surface area contributed by atoms with Gasteiger partial charge in [-0.05, 0) is 31.2 Å². The zero-order valence-corrected chi connectivity index (χ0v) is 12.9. The van der Waals surface area contributed by atoms with Crippen LogP contribution in [0.4, 0.5) is 5.69 Å². The first-order valence-corrected chi connectivity index (χ1v) is 6.31. The van der Waals surface area contributed by atoms with Crippen LogP contribution in [0.25, 0.3) is 0 Å². The minimum atomic E-state index is 0. The normalized spacial score (nSPS) is 15.5. The largest absolute Gasteiger partial charge is 0.497 e. The first-order chi connectivity index (χ1) is 9.58. The van der Waals surface area contributed by atoms with Gasteiger partial charge in [-0.2, -0.15) is 4.99 Å². The molecule has 1 aliphatic rings. The number of rotatable bonds is 2. The molecule has 1 aromatic rings. The fourth-order valence-electron chi connectivity index (χ4n) is 1.87. The number of ether oxygens (including phenoxy) is 1. The highest BCUT2D eigenvalue weighted by Gasteiger charge is 2.13. The van der Waals surface area contributed by atoms with Crippen molar-refractivity contribution in [3.05, 3.63) is 35.9 Å². The molecular formula is C14H20ClN5O. The van der Waals surface area contributed by atoms with Crippen LogP contribution in [0.2, 0.25) is 0 Å². The molecule has 0 aliphatic carbocycles. The number of guanidine groups is 2. The van der Waals surface area contributed by atoms with E-state index in [1.807, 2.05) is 17.0 Å². The highest BCUT2D eigenvalue weighted by Crippen LogP contribution is 2.17. The van der Waals surface area contributed by atoms with E-state index in [0.29, 0.717) is 11.6 Å². The van der Waals surface area contributed by atoms with Crippen LogP contribution in [0.5, 0.6) is 5.75 Å². The minimum Gasteiger partial charge on any atom is -0.497 e. The molecular weight excluding hydrogens is 290 g/mol. The van der Waals surface area contributed by atoms with E-state index in [2.05, 4.69) is 23.0 Å². The van der Waals surface area contributed by atoms with Crippen molar-refractivity contribution < 1.29 is 4.74 Å². The molecule has 0 saturated heterocycles. The Kier molecular flexibility index (Phi) is 6.05. The van der Waals surface area contributed by atoms with Crippen LogP contribution >= 0.6 is 12.4 Å². The molecule has 0 unspecified atom stereocenters. The zero-order valence-electron chi connectivity index (χ0n) is 12.1. The van der Waals surface area contributed by atoms with Crippen molar-refractivity contribution in [2.75, 3.05) is 20.2 Å². The summed E-state index contributed by atoms with van der Waals surface area (Å²) in [6, 6.07) is 7.23. The number of methoxy groups -OCH3 is 1. The summed E-state index contributed by atoms with van der Waals surface area (Å²) in [6.07, 6.45) is 2.11. The van der Waals surface area contributed by atoms with E-state index in [0.717, 1.165) is 18.8 Å². The summed E-state index contributed by atoms with van der Waals surface area (Å²) in [7, 11) is 1.61. The van der Waals surface area contributed by atoms with Gasteiger partial charge in [-0.1, -0.05) is 11.6 Å². The van der Waals surface area contributed by atoms with Crippen molar-refractivity contribution in [1.82, 2.24) is 4.90 Å². The van der Waals surface area contributed by atoms with Crippen LogP contribution < -0.4 is 16.2 Å². The van der Waals surface area contributed by atoms with Crippen molar-refractivity contribution in [2.24, 2.45) is 21.5 Å². The molecule has 1 aliphatic heterocycles. The summed E-state index contributed by atoms with van der Waals surface area (Å²) in [4.78, 5) is 10.2. The number of nitrogens with two attached hydrogens (primary N) is 2. The Morgan fingerprint density at radius 3 is 2.43 bits per heavy atom. The number of halogens is 1. The van der Waals surface area contributed by atoms with Gasteiger partial charge in [-0.15, -0.1) is 12.4 Å². The van der Waals surface area contributed by atoms with Gasteiger partial charge < -0.3 is 21.1 Å². The van der Waals surface area contributed by atoms with E-state index in [9.17, 15) is 0 Å². The molecule has 2 rings (SSSR count). The summed E-state index contributed by atoms with van der Waals surface area (Å²) in [5.74, 6) is 1.29. The Morgan fingerprint density at radius 1 is 1.24 bits per heavy atom. The standard InChI is InChI=1S/C14H19N5O.ClH/c1-10-7-8-19(9-10)14(16)18-13(15)17-11-3-5-12(20-2)6-4-11;/h3-7H,8-9H2,1-2H3,(H4,15,16,17,18);1H. The van der Waals surface area contributed by atoms with Gasteiger partial charge in [0, 0.05) is 13.1 Å². The Bertz CT molecular complexity index is 565. The molecule has 0 saturated carbocycles. The van der Waals surface area contributed by atoms with Crippen LogP contribution in [-0.4, -0.2) is 37.0 Å². The quantitative estimate of drug-likeness (QED) is 0.494. The van der Waals surface area contributed by atoms with E-state index >= 15 is 0 Å². The van der Waals surface area contributed by atoms with Gasteiger partial charge in [0.1, 0.15) is 5.75 Å². The lowest BCUT2D eigenvalue weighted by molar-refractivity contribution is 0.415. The first kappa shape index (κ1) is 16.8. The van der Waals surface area contributed by atoms with Crippen LogP contribution in [-0.2, 0) is 0 Å². The lowest BCUT2D eigenvalue weighted by Crippen LogP contribution is -2.37. The molecule has 0 amide bonds. The molecule has 0 atom stereocenters. The van der Waals surface area contributed by atoms with Gasteiger partial charge in [0.2, 0.25) is 5.96 Å². The highest BCUT2D eigenvalue weighted by atomic mass is 35.5. The number of hydrogen-bond donors (Lipinski definition) is 2. The van der Waals surface area contributed by atoms with E-state index in [4.69, 9.17) is 16.2 Å². The van der Waals surface area contributed by atoms with E-state index < -0.39 is 0 Å².